The number of imidazole rings is 1. The van der Waals surface area contributed by atoms with Crippen LogP contribution in [0.25, 0.3) is 11.2 Å². The van der Waals surface area contributed by atoms with Gasteiger partial charge in [-0.15, -0.1) is 0 Å². The van der Waals surface area contributed by atoms with Crippen LogP contribution in [-0.4, -0.2) is 32.5 Å². The molecule has 3 aromatic rings. The molecular weight excluding hydrogens is 298 g/mol. The predicted molar refractivity (Wildman–Crippen MR) is 84.5 cm³/mol. The molecule has 8 nitrogen and oxygen atoms in total. The number of methoxy groups -OCH3 is 1. The number of rotatable bonds is 4. The summed E-state index contributed by atoms with van der Waals surface area (Å²) in [6.45, 7) is 1.82. The molecule has 3 rings (SSSR count). The van der Waals surface area contributed by atoms with Crippen molar-refractivity contribution in [1.82, 2.24) is 19.5 Å². The van der Waals surface area contributed by atoms with Gasteiger partial charge in [0.05, 0.1) is 13.4 Å². The maximum Gasteiger partial charge on any atom is 0.278 e. The van der Waals surface area contributed by atoms with E-state index < -0.39 is 0 Å². The lowest BCUT2D eigenvalue weighted by atomic mass is 10.2. The van der Waals surface area contributed by atoms with Gasteiger partial charge in [0, 0.05) is 13.5 Å². The first-order chi connectivity index (χ1) is 11.1. The number of anilines is 1. The van der Waals surface area contributed by atoms with Crippen molar-refractivity contribution in [2.75, 3.05) is 12.4 Å². The highest BCUT2D eigenvalue weighted by Crippen LogP contribution is 2.14. The number of aromatic nitrogens is 4. The molecule has 1 aromatic carbocycles. The molecule has 0 aliphatic rings. The third-order valence-corrected chi connectivity index (χ3v) is 3.29. The number of H-pyrrole nitrogens is 1. The third-order valence-electron chi connectivity index (χ3n) is 3.29. The summed E-state index contributed by atoms with van der Waals surface area (Å²) in [4.78, 5) is 34.1. The van der Waals surface area contributed by atoms with Gasteiger partial charge in [-0.2, -0.15) is 4.98 Å². The monoisotopic (exact) mass is 313 g/mol. The van der Waals surface area contributed by atoms with Crippen LogP contribution in [0.15, 0.2) is 35.4 Å². The van der Waals surface area contributed by atoms with Crippen molar-refractivity contribution in [3.63, 3.8) is 0 Å². The molecule has 0 aliphatic carbocycles. The molecule has 0 aliphatic heterocycles. The van der Waals surface area contributed by atoms with Gasteiger partial charge in [-0.1, -0.05) is 12.1 Å². The Balaban J connectivity index is 1.95. The Morgan fingerprint density at radius 1 is 1.35 bits per heavy atom. The van der Waals surface area contributed by atoms with Crippen LogP contribution in [0.5, 0.6) is 5.75 Å². The number of carbonyl (C=O) groups is 1. The molecule has 0 saturated carbocycles. The van der Waals surface area contributed by atoms with E-state index in [9.17, 15) is 9.59 Å². The SMILES string of the molecule is COc1ccc(Cn2cnc3nc(NC(C)=O)[nH]c(=O)c32)cc1. The van der Waals surface area contributed by atoms with Crippen LogP contribution < -0.4 is 15.6 Å². The number of carbonyl (C=O) groups excluding carboxylic acids is 1. The van der Waals surface area contributed by atoms with E-state index in [1.165, 1.54) is 6.92 Å². The van der Waals surface area contributed by atoms with Gasteiger partial charge in [-0.25, -0.2) is 4.98 Å². The Labute approximate surface area is 131 Å². The number of nitrogens with zero attached hydrogens (tertiary/aromatic N) is 3. The summed E-state index contributed by atoms with van der Waals surface area (Å²) < 4.78 is 6.83. The number of hydrogen-bond acceptors (Lipinski definition) is 5. The van der Waals surface area contributed by atoms with Crippen LogP contribution in [0.3, 0.4) is 0 Å². The summed E-state index contributed by atoms with van der Waals surface area (Å²) in [6.07, 6.45) is 1.55. The third kappa shape index (κ3) is 3.05. The Bertz CT molecular complexity index is 911. The molecule has 2 heterocycles. The number of amides is 1. The van der Waals surface area contributed by atoms with Crippen molar-refractivity contribution < 1.29 is 9.53 Å². The number of aromatic amines is 1. The van der Waals surface area contributed by atoms with Crippen molar-refractivity contribution in [1.29, 1.82) is 0 Å². The van der Waals surface area contributed by atoms with E-state index in [1.807, 2.05) is 24.3 Å². The summed E-state index contributed by atoms with van der Waals surface area (Å²) in [5.41, 5.74) is 1.28. The maximum absolute atomic E-state index is 12.2. The second kappa shape index (κ2) is 5.91. The fraction of sp³-hybridized carbons (Fsp3) is 0.200. The molecule has 0 bridgehead atoms. The van der Waals surface area contributed by atoms with Crippen LogP contribution in [0.4, 0.5) is 5.95 Å². The smallest absolute Gasteiger partial charge is 0.278 e. The Morgan fingerprint density at radius 3 is 2.74 bits per heavy atom. The van der Waals surface area contributed by atoms with E-state index in [2.05, 4.69) is 20.3 Å². The second-order valence-electron chi connectivity index (χ2n) is 4.99. The highest BCUT2D eigenvalue weighted by atomic mass is 16.5. The minimum Gasteiger partial charge on any atom is -0.497 e. The van der Waals surface area contributed by atoms with Gasteiger partial charge in [0.1, 0.15) is 5.75 Å². The average molecular weight is 313 g/mol. The summed E-state index contributed by atoms with van der Waals surface area (Å²) in [5.74, 6) is 0.540. The number of benzene rings is 1. The zero-order valence-corrected chi connectivity index (χ0v) is 12.7. The van der Waals surface area contributed by atoms with Crippen molar-refractivity contribution in [2.45, 2.75) is 13.5 Å². The molecule has 0 radical (unpaired) electrons. The lowest BCUT2D eigenvalue weighted by Crippen LogP contribution is -2.17. The van der Waals surface area contributed by atoms with E-state index >= 15 is 0 Å². The average Bonchev–Trinajstić information content (AvgIpc) is 2.90. The first kappa shape index (κ1) is 14.8. The number of hydrogen-bond donors (Lipinski definition) is 2. The van der Waals surface area contributed by atoms with Gasteiger partial charge in [0.25, 0.3) is 5.56 Å². The van der Waals surface area contributed by atoms with Gasteiger partial charge in [-0.05, 0) is 17.7 Å². The minimum absolute atomic E-state index is 0.0877. The minimum atomic E-state index is -0.357. The molecule has 2 aromatic heterocycles. The van der Waals surface area contributed by atoms with Gasteiger partial charge >= 0.3 is 0 Å². The quantitative estimate of drug-likeness (QED) is 0.752. The van der Waals surface area contributed by atoms with E-state index in [0.29, 0.717) is 12.1 Å². The molecule has 2 N–H and O–H groups in total. The molecular formula is C15H15N5O3. The highest BCUT2D eigenvalue weighted by molar-refractivity contribution is 5.87. The first-order valence-electron chi connectivity index (χ1n) is 6.92. The number of nitrogens with one attached hydrogen (secondary N) is 2. The van der Waals surface area contributed by atoms with Crippen molar-refractivity contribution in [2.24, 2.45) is 0 Å². The fourth-order valence-electron chi connectivity index (χ4n) is 2.26. The zero-order chi connectivity index (χ0) is 16.4. The molecule has 8 heteroatoms. The molecule has 0 atom stereocenters. The van der Waals surface area contributed by atoms with Crippen LogP contribution in [0, 0.1) is 0 Å². The topological polar surface area (TPSA) is 102 Å². The van der Waals surface area contributed by atoms with Gasteiger partial charge < -0.3 is 9.30 Å². The lowest BCUT2D eigenvalue weighted by molar-refractivity contribution is -0.114. The summed E-state index contributed by atoms with van der Waals surface area (Å²) >= 11 is 0. The number of fused-ring (bicyclic) bond motifs is 1. The summed E-state index contributed by atoms with van der Waals surface area (Å²) in [7, 11) is 1.61. The molecule has 23 heavy (non-hydrogen) atoms. The maximum atomic E-state index is 12.2. The molecule has 0 spiro atoms. The zero-order valence-electron chi connectivity index (χ0n) is 12.7. The van der Waals surface area contributed by atoms with Crippen LogP contribution in [0.2, 0.25) is 0 Å². The Kier molecular flexibility index (Phi) is 3.80. The van der Waals surface area contributed by atoms with E-state index in [4.69, 9.17) is 4.74 Å². The van der Waals surface area contributed by atoms with Crippen molar-refractivity contribution in [3.05, 3.63) is 46.5 Å². The number of ether oxygens (including phenoxy) is 1. The van der Waals surface area contributed by atoms with Crippen LogP contribution in [0.1, 0.15) is 12.5 Å². The largest absolute Gasteiger partial charge is 0.497 e. The standard InChI is InChI=1S/C15H15N5O3/c1-9(21)17-15-18-13-12(14(22)19-15)20(8-16-13)7-10-3-5-11(23-2)6-4-10/h3-6,8H,7H2,1-2H3,(H2,17,18,19,21,22). The van der Waals surface area contributed by atoms with E-state index in [0.717, 1.165) is 11.3 Å². The van der Waals surface area contributed by atoms with Gasteiger partial charge in [0.2, 0.25) is 11.9 Å². The first-order valence-corrected chi connectivity index (χ1v) is 6.92. The Morgan fingerprint density at radius 2 is 2.09 bits per heavy atom. The second-order valence-corrected chi connectivity index (χ2v) is 4.99. The van der Waals surface area contributed by atoms with Gasteiger partial charge in [0.15, 0.2) is 11.2 Å². The molecule has 0 fully saturated rings. The predicted octanol–water partition coefficient (Wildman–Crippen LogP) is 1.13. The van der Waals surface area contributed by atoms with Crippen molar-refractivity contribution in [3.8, 4) is 5.75 Å². The van der Waals surface area contributed by atoms with Crippen LogP contribution >= 0.6 is 0 Å². The summed E-state index contributed by atoms with van der Waals surface area (Å²) in [5, 5.41) is 2.44. The fourth-order valence-corrected chi connectivity index (χ4v) is 2.26. The van der Waals surface area contributed by atoms with E-state index in [1.54, 1.807) is 18.0 Å². The normalized spacial score (nSPS) is 10.7. The highest BCUT2D eigenvalue weighted by Gasteiger charge is 2.11. The molecule has 1 amide bonds. The Hall–Kier alpha value is -3.16. The lowest BCUT2D eigenvalue weighted by Gasteiger charge is -2.06. The molecule has 0 unspecified atom stereocenters. The molecule has 0 saturated heterocycles. The van der Waals surface area contributed by atoms with Crippen LogP contribution in [-0.2, 0) is 11.3 Å². The van der Waals surface area contributed by atoms with Gasteiger partial charge in [-0.3, -0.25) is 19.9 Å². The summed E-state index contributed by atoms with van der Waals surface area (Å²) in [6, 6.07) is 7.54. The van der Waals surface area contributed by atoms with E-state index in [-0.39, 0.29) is 23.1 Å². The van der Waals surface area contributed by atoms with Crippen molar-refractivity contribution >= 4 is 23.0 Å². The molecule has 118 valence electrons.